The third-order valence-electron chi connectivity index (χ3n) is 5.73. The van der Waals surface area contributed by atoms with E-state index in [0.29, 0.717) is 50.9 Å². The molecule has 1 heterocycles. The third kappa shape index (κ3) is 3.71. The van der Waals surface area contributed by atoms with Crippen LogP contribution in [0.1, 0.15) is 21.5 Å². The van der Waals surface area contributed by atoms with E-state index in [1.54, 1.807) is 19.2 Å². The van der Waals surface area contributed by atoms with E-state index in [4.69, 9.17) is 24.7 Å². The molecule has 0 saturated heterocycles. The Morgan fingerprint density at radius 2 is 1.52 bits per heavy atom. The van der Waals surface area contributed by atoms with Crippen molar-refractivity contribution in [1.29, 1.82) is 0 Å². The van der Waals surface area contributed by atoms with Gasteiger partial charge in [0.1, 0.15) is 5.75 Å². The maximum absolute atomic E-state index is 14.0. The highest BCUT2D eigenvalue weighted by Gasteiger charge is 2.26. The number of aryl methyl sites for hydroxylation is 1. The standard InChI is InChI=1S/C26H26N2O5/c1-14-9-10-15(11-17(14)27)24-23(22-18(28-24)7-6-8-19(22)30-2)25(29)16-12-20(31-3)26(33-5)21(13-16)32-4/h6-13,28H,27H2,1-5H3. The number of aromatic nitrogens is 1. The van der Waals surface area contributed by atoms with Crippen LogP contribution in [0.15, 0.2) is 48.5 Å². The Bertz CT molecular complexity index is 1330. The highest BCUT2D eigenvalue weighted by Crippen LogP contribution is 2.42. The van der Waals surface area contributed by atoms with Crippen LogP contribution in [-0.2, 0) is 0 Å². The number of nitrogens with two attached hydrogens (primary N) is 1. The van der Waals surface area contributed by atoms with Crippen molar-refractivity contribution in [3.8, 4) is 34.3 Å². The lowest BCUT2D eigenvalue weighted by atomic mass is 9.95. The number of anilines is 1. The summed E-state index contributed by atoms with van der Waals surface area (Å²) in [4.78, 5) is 17.4. The molecule has 33 heavy (non-hydrogen) atoms. The van der Waals surface area contributed by atoms with Gasteiger partial charge in [0.25, 0.3) is 0 Å². The molecule has 7 nitrogen and oxygen atoms in total. The number of hydrogen-bond donors (Lipinski definition) is 2. The third-order valence-corrected chi connectivity index (χ3v) is 5.73. The number of carbonyl (C=O) groups excluding carboxylic acids is 1. The largest absolute Gasteiger partial charge is 0.496 e. The number of fused-ring (bicyclic) bond motifs is 1. The molecule has 0 spiro atoms. The summed E-state index contributed by atoms with van der Waals surface area (Å²) in [5, 5.41) is 0.688. The number of benzene rings is 3. The summed E-state index contributed by atoms with van der Waals surface area (Å²) in [6.45, 7) is 1.94. The Morgan fingerprint density at radius 3 is 2.09 bits per heavy atom. The van der Waals surface area contributed by atoms with E-state index >= 15 is 0 Å². The molecule has 170 valence electrons. The molecule has 0 fully saturated rings. The zero-order valence-corrected chi connectivity index (χ0v) is 19.2. The van der Waals surface area contributed by atoms with Gasteiger partial charge >= 0.3 is 0 Å². The van der Waals surface area contributed by atoms with Gasteiger partial charge in [0, 0.05) is 16.8 Å². The maximum Gasteiger partial charge on any atom is 0.203 e. The van der Waals surface area contributed by atoms with Crippen molar-refractivity contribution in [2.75, 3.05) is 34.2 Å². The zero-order chi connectivity index (χ0) is 23.7. The lowest BCUT2D eigenvalue weighted by Gasteiger charge is -2.14. The van der Waals surface area contributed by atoms with Crippen LogP contribution in [0, 0.1) is 6.92 Å². The predicted octanol–water partition coefficient (Wildman–Crippen LogP) is 4.99. The second kappa shape index (κ2) is 8.78. The van der Waals surface area contributed by atoms with Crippen molar-refractivity contribution in [1.82, 2.24) is 4.98 Å². The van der Waals surface area contributed by atoms with Gasteiger partial charge < -0.3 is 29.7 Å². The average Bonchev–Trinajstić information content (AvgIpc) is 3.23. The summed E-state index contributed by atoms with van der Waals surface area (Å²) in [5.41, 5.74) is 10.9. The Morgan fingerprint density at radius 1 is 0.848 bits per heavy atom. The van der Waals surface area contributed by atoms with Gasteiger partial charge in [-0.1, -0.05) is 18.2 Å². The zero-order valence-electron chi connectivity index (χ0n) is 19.2. The number of ether oxygens (including phenoxy) is 4. The number of nitrogens with one attached hydrogen (secondary N) is 1. The fraction of sp³-hybridized carbons (Fsp3) is 0.192. The Labute approximate surface area is 192 Å². The summed E-state index contributed by atoms with van der Waals surface area (Å²) >= 11 is 0. The molecular formula is C26H26N2O5. The normalized spacial score (nSPS) is 10.8. The number of ketones is 1. The molecule has 4 aromatic rings. The van der Waals surface area contributed by atoms with Crippen molar-refractivity contribution in [3.05, 3.63) is 65.2 Å². The van der Waals surface area contributed by atoms with Crippen LogP contribution in [0.5, 0.6) is 23.0 Å². The Kier molecular flexibility index (Phi) is 5.87. The highest BCUT2D eigenvalue weighted by molar-refractivity contribution is 6.22. The van der Waals surface area contributed by atoms with Gasteiger partial charge in [-0.3, -0.25) is 4.79 Å². The number of rotatable bonds is 7. The van der Waals surface area contributed by atoms with Crippen LogP contribution < -0.4 is 24.7 Å². The predicted molar refractivity (Wildman–Crippen MR) is 129 cm³/mol. The van der Waals surface area contributed by atoms with Gasteiger partial charge in [-0.25, -0.2) is 0 Å². The number of methoxy groups -OCH3 is 4. The molecule has 1 aromatic heterocycles. The molecule has 7 heteroatoms. The molecule has 0 aliphatic heterocycles. The monoisotopic (exact) mass is 446 g/mol. The van der Waals surface area contributed by atoms with E-state index in [2.05, 4.69) is 4.98 Å². The molecule has 0 bridgehead atoms. The van der Waals surface area contributed by atoms with Crippen LogP contribution in [0.3, 0.4) is 0 Å². The van der Waals surface area contributed by atoms with Gasteiger partial charge in [0.2, 0.25) is 5.75 Å². The molecule has 3 N–H and O–H groups in total. The number of H-pyrrole nitrogens is 1. The van der Waals surface area contributed by atoms with Crippen molar-refractivity contribution >= 4 is 22.4 Å². The van der Waals surface area contributed by atoms with Crippen LogP contribution in [-0.4, -0.2) is 39.2 Å². The topological polar surface area (TPSA) is 95.8 Å². The molecule has 0 aliphatic carbocycles. The molecule has 0 amide bonds. The van der Waals surface area contributed by atoms with Crippen LogP contribution in [0.2, 0.25) is 0 Å². The van der Waals surface area contributed by atoms with Crippen molar-refractivity contribution in [3.63, 3.8) is 0 Å². The molecule has 0 aliphatic rings. The minimum Gasteiger partial charge on any atom is -0.496 e. The molecule has 0 saturated carbocycles. The lowest BCUT2D eigenvalue weighted by Crippen LogP contribution is -2.06. The number of carbonyl (C=O) groups is 1. The van der Waals surface area contributed by atoms with Gasteiger partial charge in [-0.15, -0.1) is 0 Å². The van der Waals surface area contributed by atoms with Gasteiger partial charge in [-0.2, -0.15) is 0 Å². The van der Waals surface area contributed by atoms with E-state index < -0.39 is 0 Å². The molecular weight excluding hydrogens is 420 g/mol. The van der Waals surface area contributed by atoms with Crippen molar-refractivity contribution in [2.45, 2.75) is 6.92 Å². The number of nitrogen functional groups attached to an aromatic ring is 1. The lowest BCUT2D eigenvalue weighted by molar-refractivity contribution is 0.104. The second-order valence-electron chi connectivity index (χ2n) is 7.57. The van der Waals surface area contributed by atoms with E-state index in [1.165, 1.54) is 21.3 Å². The fourth-order valence-electron chi connectivity index (χ4n) is 3.98. The van der Waals surface area contributed by atoms with Crippen LogP contribution in [0.4, 0.5) is 5.69 Å². The van der Waals surface area contributed by atoms with Gasteiger partial charge in [0.05, 0.1) is 50.6 Å². The summed E-state index contributed by atoms with van der Waals surface area (Å²) in [7, 11) is 6.13. The highest BCUT2D eigenvalue weighted by atomic mass is 16.5. The molecule has 0 atom stereocenters. The maximum atomic E-state index is 14.0. The Hall–Kier alpha value is -4.13. The average molecular weight is 447 g/mol. The summed E-state index contributed by atoms with van der Waals surface area (Å²) in [6, 6.07) is 14.6. The molecule has 0 radical (unpaired) electrons. The van der Waals surface area contributed by atoms with Gasteiger partial charge in [0.15, 0.2) is 17.3 Å². The quantitative estimate of drug-likeness (QED) is 0.307. The first-order valence-electron chi connectivity index (χ1n) is 10.3. The summed E-state index contributed by atoms with van der Waals surface area (Å²) < 4.78 is 21.9. The van der Waals surface area contributed by atoms with E-state index in [9.17, 15) is 4.79 Å². The first kappa shape index (κ1) is 22.1. The van der Waals surface area contributed by atoms with Crippen molar-refractivity contribution < 1.29 is 23.7 Å². The Balaban J connectivity index is 2.02. The molecule has 0 unspecified atom stereocenters. The van der Waals surface area contributed by atoms with Crippen LogP contribution >= 0.6 is 0 Å². The molecule has 3 aromatic carbocycles. The minimum absolute atomic E-state index is 0.223. The minimum atomic E-state index is -0.223. The van der Waals surface area contributed by atoms with Crippen LogP contribution in [0.25, 0.3) is 22.2 Å². The number of aromatic amines is 1. The van der Waals surface area contributed by atoms with E-state index in [1.807, 2.05) is 43.3 Å². The summed E-state index contributed by atoms with van der Waals surface area (Å²) in [6.07, 6.45) is 0. The van der Waals surface area contributed by atoms with Crippen molar-refractivity contribution in [2.24, 2.45) is 0 Å². The van der Waals surface area contributed by atoms with E-state index in [0.717, 1.165) is 16.6 Å². The fourth-order valence-corrected chi connectivity index (χ4v) is 3.98. The molecule has 4 rings (SSSR count). The first-order chi connectivity index (χ1) is 15.9. The second-order valence-corrected chi connectivity index (χ2v) is 7.57. The first-order valence-corrected chi connectivity index (χ1v) is 10.3. The van der Waals surface area contributed by atoms with Gasteiger partial charge in [-0.05, 0) is 42.8 Å². The SMILES string of the molecule is COc1cc(C(=O)c2c(-c3ccc(C)c(N)c3)[nH]c3cccc(OC)c23)cc(OC)c1OC. The summed E-state index contributed by atoms with van der Waals surface area (Å²) in [5.74, 6) is 1.57. The smallest absolute Gasteiger partial charge is 0.203 e. The number of hydrogen-bond acceptors (Lipinski definition) is 6. The van der Waals surface area contributed by atoms with E-state index in [-0.39, 0.29) is 5.78 Å².